The minimum atomic E-state index is -0.160. The number of pyridine rings is 1. The summed E-state index contributed by atoms with van der Waals surface area (Å²) in [4.78, 5) is 7.02. The van der Waals surface area contributed by atoms with Crippen LogP contribution in [0, 0.1) is 0 Å². The van der Waals surface area contributed by atoms with Crippen LogP contribution in [0.2, 0.25) is 0 Å². The predicted octanol–water partition coefficient (Wildman–Crippen LogP) is 2.70. The van der Waals surface area contributed by atoms with Gasteiger partial charge in [0.1, 0.15) is 5.82 Å². The van der Waals surface area contributed by atoms with E-state index in [-0.39, 0.29) is 11.7 Å². The van der Waals surface area contributed by atoms with Crippen LogP contribution in [0.3, 0.4) is 0 Å². The van der Waals surface area contributed by atoms with Gasteiger partial charge >= 0.3 is 0 Å². The van der Waals surface area contributed by atoms with Crippen LogP contribution in [0.25, 0.3) is 10.8 Å². The van der Waals surface area contributed by atoms with Gasteiger partial charge in [-0.25, -0.2) is 4.98 Å². The van der Waals surface area contributed by atoms with Crippen LogP contribution >= 0.6 is 0 Å². The molecule has 0 radical (unpaired) electrons. The van der Waals surface area contributed by atoms with E-state index < -0.39 is 0 Å². The maximum Gasteiger partial charge on any atom is 0.136 e. The number of anilines is 1. The van der Waals surface area contributed by atoms with Crippen molar-refractivity contribution in [3.8, 4) is 0 Å². The molecule has 1 atom stereocenters. The Hall–Kier alpha value is -1.65. The van der Waals surface area contributed by atoms with Crippen LogP contribution in [0.1, 0.15) is 26.3 Å². The van der Waals surface area contributed by atoms with Gasteiger partial charge in [-0.3, -0.25) is 0 Å². The van der Waals surface area contributed by atoms with E-state index in [1.807, 2.05) is 6.20 Å². The molecule has 0 aliphatic carbocycles. The van der Waals surface area contributed by atoms with E-state index in [0.29, 0.717) is 6.54 Å². The Labute approximate surface area is 125 Å². The largest absolute Gasteiger partial charge is 0.369 e. The van der Waals surface area contributed by atoms with Crippen molar-refractivity contribution in [2.45, 2.75) is 39.0 Å². The molecule has 1 saturated heterocycles. The van der Waals surface area contributed by atoms with Gasteiger partial charge in [0.2, 0.25) is 0 Å². The number of rotatable bonds is 2. The lowest BCUT2D eigenvalue weighted by Gasteiger charge is -2.42. The molecule has 1 aromatic heterocycles. The summed E-state index contributed by atoms with van der Waals surface area (Å²) in [5.74, 6) is 1.03. The molecule has 0 bridgehead atoms. The Bertz CT molecular complexity index is 654. The second-order valence-corrected chi connectivity index (χ2v) is 6.43. The fraction of sp³-hybridized carbons (Fsp3) is 0.471. The Balaban J connectivity index is 2.08. The van der Waals surface area contributed by atoms with Gasteiger partial charge in [0.15, 0.2) is 0 Å². The quantitative estimate of drug-likeness (QED) is 0.921. The second-order valence-electron chi connectivity index (χ2n) is 6.43. The van der Waals surface area contributed by atoms with Crippen molar-refractivity contribution < 1.29 is 4.74 Å². The Morgan fingerprint density at radius 1 is 1.33 bits per heavy atom. The third-order valence-electron chi connectivity index (χ3n) is 3.95. The fourth-order valence-corrected chi connectivity index (χ4v) is 3.27. The highest BCUT2D eigenvalue weighted by atomic mass is 16.5. The van der Waals surface area contributed by atoms with Gasteiger partial charge in [-0.1, -0.05) is 24.3 Å². The van der Waals surface area contributed by atoms with E-state index in [1.165, 1.54) is 10.8 Å². The topological polar surface area (TPSA) is 51.4 Å². The summed E-state index contributed by atoms with van der Waals surface area (Å²) >= 11 is 0. The lowest BCUT2D eigenvalue weighted by Crippen LogP contribution is -2.52. The van der Waals surface area contributed by atoms with Crippen LogP contribution < -0.4 is 10.6 Å². The van der Waals surface area contributed by atoms with Crippen molar-refractivity contribution in [2.75, 3.05) is 18.0 Å². The van der Waals surface area contributed by atoms with E-state index in [1.54, 1.807) is 0 Å². The van der Waals surface area contributed by atoms with E-state index >= 15 is 0 Å². The molecule has 1 aliphatic heterocycles. The van der Waals surface area contributed by atoms with Crippen molar-refractivity contribution in [1.82, 2.24) is 4.98 Å². The minimum Gasteiger partial charge on any atom is -0.369 e. The van der Waals surface area contributed by atoms with Crippen LogP contribution in [0.5, 0.6) is 0 Å². The molecule has 1 aliphatic rings. The van der Waals surface area contributed by atoms with Crippen LogP contribution in [0.15, 0.2) is 30.5 Å². The number of hydrogen-bond donors (Lipinski definition) is 1. The molecular weight excluding hydrogens is 262 g/mol. The molecule has 0 amide bonds. The Morgan fingerprint density at radius 2 is 2.05 bits per heavy atom. The highest BCUT2D eigenvalue weighted by molar-refractivity contribution is 5.94. The molecule has 1 fully saturated rings. The number of fused-ring (bicyclic) bond motifs is 1. The van der Waals surface area contributed by atoms with Crippen LogP contribution in [-0.2, 0) is 11.3 Å². The average molecular weight is 285 g/mol. The lowest BCUT2D eigenvalue weighted by molar-refractivity contribution is -0.0750. The molecule has 4 heteroatoms. The zero-order chi connectivity index (χ0) is 15.0. The van der Waals surface area contributed by atoms with Gasteiger partial charge in [-0.05, 0) is 31.7 Å². The molecule has 1 aromatic carbocycles. The van der Waals surface area contributed by atoms with Crippen molar-refractivity contribution in [3.05, 3.63) is 36.0 Å². The van der Waals surface area contributed by atoms with Crippen molar-refractivity contribution in [1.29, 1.82) is 0 Å². The number of aromatic nitrogens is 1. The maximum absolute atomic E-state index is 5.99. The zero-order valence-electron chi connectivity index (χ0n) is 13.0. The molecule has 21 heavy (non-hydrogen) atoms. The predicted molar refractivity (Wildman–Crippen MR) is 86.5 cm³/mol. The third-order valence-corrected chi connectivity index (χ3v) is 3.95. The fourth-order valence-electron chi connectivity index (χ4n) is 3.27. The summed E-state index contributed by atoms with van der Waals surface area (Å²) in [6, 6.07) is 8.36. The normalized spacial score (nSPS) is 21.7. The van der Waals surface area contributed by atoms with Crippen LogP contribution in [0.4, 0.5) is 5.82 Å². The molecule has 3 rings (SSSR count). The van der Waals surface area contributed by atoms with Crippen LogP contribution in [-0.4, -0.2) is 29.8 Å². The number of nitrogens with zero attached hydrogens (tertiary/aromatic N) is 2. The lowest BCUT2D eigenvalue weighted by atomic mass is 10.0. The molecule has 2 heterocycles. The second kappa shape index (κ2) is 5.28. The standard InChI is InChI=1S/C17H23N3O/c1-12-10-20(11-17(2,3)21-12)16-15-7-5-4-6-14(15)13(8-18)9-19-16/h4-7,9,12H,8,10-11,18H2,1-3H3. The SMILES string of the molecule is CC1CN(c2ncc(CN)c3ccccc23)CC(C)(C)O1. The third kappa shape index (κ3) is 2.74. The van der Waals surface area contributed by atoms with Gasteiger partial charge in [0.25, 0.3) is 0 Å². The van der Waals surface area contributed by atoms with Gasteiger partial charge in [-0.15, -0.1) is 0 Å². The molecule has 0 saturated carbocycles. The average Bonchev–Trinajstić information content (AvgIpc) is 2.44. The van der Waals surface area contributed by atoms with Crippen molar-refractivity contribution in [3.63, 3.8) is 0 Å². The number of hydrogen-bond acceptors (Lipinski definition) is 4. The minimum absolute atomic E-state index is 0.160. The van der Waals surface area contributed by atoms with Crippen molar-refractivity contribution in [2.24, 2.45) is 5.73 Å². The van der Waals surface area contributed by atoms with E-state index in [2.05, 4.69) is 49.9 Å². The highest BCUT2D eigenvalue weighted by Gasteiger charge is 2.32. The number of nitrogens with two attached hydrogens (primary N) is 1. The molecule has 2 N–H and O–H groups in total. The van der Waals surface area contributed by atoms with Gasteiger partial charge < -0.3 is 15.4 Å². The summed E-state index contributed by atoms with van der Waals surface area (Å²) in [5, 5.41) is 2.37. The monoisotopic (exact) mass is 285 g/mol. The maximum atomic E-state index is 5.99. The Morgan fingerprint density at radius 3 is 2.71 bits per heavy atom. The first-order chi connectivity index (χ1) is 10.00. The summed E-state index contributed by atoms with van der Waals surface area (Å²) in [7, 11) is 0. The first-order valence-electron chi connectivity index (χ1n) is 7.49. The molecular formula is C17H23N3O. The molecule has 2 aromatic rings. The summed E-state index contributed by atoms with van der Waals surface area (Å²) < 4.78 is 5.99. The zero-order valence-corrected chi connectivity index (χ0v) is 13.0. The number of ether oxygens (including phenoxy) is 1. The Kier molecular flexibility index (Phi) is 3.59. The van der Waals surface area contributed by atoms with E-state index in [4.69, 9.17) is 15.5 Å². The first-order valence-corrected chi connectivity index (χ1v) is 7.49. The smallest absolute Gasteiger partial charge is 0.136 e. The van der Waals surface area contributed by atoms with Gasteiger partial charge in [0.05, 0.1) is 11.7 Å². The van der Waals surface area contributed by atoms with Gasteiger partial charge in [0, 0.05) is 31.2 Å². The van der Waals surface area contributed by atoms with Crippen molar-refractivity contribution >= 4 is 16.6 Å². The van der Waals surface area contributed by atoms with E-state index in [0.717, 1.165) is 24.5 Å². The summed E-state index contributed by atoms with van der Waals surface area (Å²) in [6.07, 6.45) is 2.11. The first kappa shape index (κ1) is 14.3. The summed E-state index contributed by atoms with van der Waals surface area (Å²) in [6.45, 7) is 8.60. The molecule has 4 nitrogen and oxygen atoms in total. The van der Waals surface area contributed by atoms with Gasteiger partial charge in [-0.2, -0.15) is 0 Å². The molecule has 1 unspecified atom stereocenters. The molecule has 112 valence electrons. The van der Waals surface area contributed by atoms with E-state index in [9.17, 15) is 0 Å². The number of morpholine rings is 1. The summed E-state index contributed by atoms with van der Waals surface area (Å²) in [5.41, 5.74) is 6.77. The highest BCUT2D eigenvalue weighted by Crippen LogP contribution is 2.31. The number of benzene rings is 1. The molecule has 0 spiro atoms.